The molecule has 0 aliphatic rings. The van der Waals surface area contributed by atoms with Crippen molar-refractivity contribution < 1.29 is 17.7 Å². The molecule has 0 spiro atoms. The minimum atomic E-state index is 0.870. The third-order valence-corrected chi connectivity index (χ3v) is 19.2. The van der Waals surface area contributed by atoms with Crippen LogP contribution >= 0.6 is 0 Å². The normalized spacial score (nSPS) is 11.8. The fourth-order valence-electron chi connectivity index (χ4n) is 14.6. The summed E-state index contributed by atoms with van der Waals surface area (Å²) in [5.41, 5.74) is 28.9. The SMILES string of the molecule is Cc1cc(-c2ccc(N(c3ccc(-c4ccc5oc6ccccc6c5c4)cc3)c3c(C)cccc3-c3cccc4c3oc3ccccc34)c(C)c2)ccc1N(c1ccc(-c2ccc3oc4ccccc4c3c2)cc1)c1c(C)cccc1-c1cccc2c1oc1ccccc12. The van der Waals surface area contributed by atoms with Gasteiger partial charge in [0.25, 0.3) is 0 Å². The van der Waals surface area contributed by atoms with Gasteiger partial charge in [-0.05, 0) is 180 Å². The maximum absolute atomic E-state index is 6.78. The highest BCUT2D eigenvalue weighted by molar-refractivity contribution is 6.13. The summed E-state index contributed by atoms with van der Waals surface area (Å²) in [5.74, 6) is 0. The van der Waals surface area contributed by atoms with Gasteiger partial charge in [-0.15, -0.1) is 0 Å². The van der Waals surface area contributed by atoms with Gasteiger partial charge in [0.2, 0.25) is 0 Å². The lowest BCUT2D eigenvalue weighted by Gasteiger charge is -2.31. The van der Waals surface area contributed by atoms with E-state index >= 15 is 0 Å². The molecule has 0 atom stereocenters. The molecule has 6 heteroatoms. The second-order valence-electron chi connectivity index (χ2n) is 24.9. The van der Waals surface area contributed by atoms with Crippen LogP contribution in [0.1, 0.15) is 22.3 Å². The van der Waals surface area contributed by atoms with Crippen molar-refractivity contribution in [2.75, 3.05) is 9.80 Å². The molecule has 94 heavy (non-hydrogen) atoms. The highest BCUT2D eigenvalue weighted by atomic mass is 16.3. The molecule has 0 fully saturated rings. The first kappa shape index (κ1) is 54.8. The predicted molar refractivity (Wildman–Crippen MR) is 391 cm³/mol. The summed E-state index contributed by atoms with van der Waals surface area (Å²) in [6.45, 7) is 8.93. The lowest BCUT2D eigenvalue weighted by Crippen LogP contribution is -2.14. The molecule has 446 valence electrons. The number of anilines is 6. The summed E-state index contributed by atoms with van der Waals surface area (Å²) in [6.07, 6.45) is 0. The number of nitrogens with zero attached hydrogens (tertiary/aromatic N) is 2. The molecule has 0 radical (unpaired) electrons. The minimum Gasteiger partial charge on any atom is -0.456 e. The fraction of sp³-hybridized carbons (Fsp3) is 0.0455. The van der Waals surface area contributed by atoms with Gasteiger partial charge in [0.1, 0.15) is 44.7 Å². The minimum absolute atomic E-state index is 0.870. The van der Waals surface area contributed by atoms with Crippen LogP contribution in [0.25, 0.3) is 143 Å². The number of aryl methyl sites for hydroxylation is 4. The van der Waals surface area contributed by atoms with E-state index < -0.39 is 0 Å². The molecular weight excluding hydrogens is 1150 g/mol. The fourth-order valence-corrected chi connectivity index (χ4v) is 14.6. The molecule has 0 bridgehead atoms. The summed E-state index contributed by atoms with van der Waals surface area (Å²) in [7, 11) is 0. The van der Waals surface area contributed by atoms with Gasteiger partial charge >= 0.3 is 0 Å². The summed E-state index contributed by atoms with van der Waals surface area (Å²) in [6, 6.07) is 104. The van der Waals surface area contributed by atoms with Crippen molar-refractivity contribution in [1.29, 1.82) is 0 Å². The van der Waals surface area contributed by atoms with Crippen LogP contribution in [0.15, 0.2) is 309 Å². The monoisotopic (exact) mass is 1210 g/mol. The van der Waals surface area contributed by atoms with Crippen molar-refractivity contribution in [2.45, 2.75) is 27.7 Å². The topological polar surface area (TPSA) is 59.0 Å². The maximum atomic E-state index is 6.78. The number of furan rings is 4. The van der Waals surface area contributed by atoms with Crippen molar-refractivity contribution >= 4 is 122 Å². The van der Waals surface area contributed by atoms with E-state index in [4.69, 9.17) is 17.7 Å². The number of hydrogen-bond donors (Lipinski definition) is 0. The molecule has 0 aliphatic heterocycles. The number of rotatable bonds is 11. The van der Waals surface area contributed by atoms with E-state index in [1.807, 2.05) is 36.4 Å². The van der Waals surface area contributed by atoms with Crippen LogP contribution in [0.2, 0.25) is 0 Å². The smallest absolute Gasteiger partial charge is 0.143 e. The van der Waals surface area contributed by atoms with Crippen LogP contribution in [0.3, 0.4) is 0 Å². The molecular formula is C88H60N2O4. The Hall–Kier alpha value is -12.1. The lowest BCUT2D eigenvalue weighted by molar-refractivity contribution is 0.668. The van der Waals surface area contributed by atoms with Gasteiger partial charge < -0.3 is 27.5 Å². The molecule has 18 aromatic rings. The summed E-state index contributed by atoms with van der Waals surface area (Å²) < 4.78 is 26.0. The van der Waals surface area contributed by atoms with Crippen molar-refractivity contribution in [3.8, 4) is 55.6 Å². The van der Waals surface area contributed by atoms with E-state index in [0.29, 0.717) is 0 Å². The second-order valence-corrected chi connectivity index (χ2v) is 24.9. The summed E-state index contributed by atoms with van der Waals surface area (Å²) in [4.78, 5) is 4.89. The quantitative estimate of drug-likeness (QED) is 0.129. The molecule has 0 unspecified atom stereocenters. The molecule has 4 heterocycles. The Kier molecular flexibility index (Phi) is 12.7. The Labute approximate surface area is 543 Å². The van der Waals surface area contributed by atoms with Crippen LogP contribution in [0, 0.1) is 27.7 Å². The summed E-state index contributed by atoms with van der Waals surface area (Å²) >= 11 is 0. The van der Waals surface area contributed by atoms with Crippen LogP contribution in [-0.4, -0.2) is 0 Å². The molecule has 0 saturated carbocycles. The van der Waals surface area contributed by atoms with Crippen molar-refractivity contribution in [1.82, 2.24) is 0 Å². The largest absolute Gasteiger partial charge is 0.456 e. The van der Waals surface area contributed by atoms with E-state index in [1.54, 1.807) is 0 Å². The zero-order chi connectivity index (χ0) is 62.7. The Balaban J connectivity index is 0.760. The number of para-hydroxylation sites is 8. The third-order valence-electron chi connectivity index (χ3n) is 19.2. The van der Waals surface area contributed by atoms with Crippen LogP contribution in [0.4, 0.5) is 34.1 Å². The van der Waals surface area contributed by atoms with Crippen molar-refractivity contribution in [3.63, 3.8) is 0 Å². The Bertz CT molecular complexity index is 5680. The highest BCUT2D eigenvalue weighted by Gasteiger charge is 2.27. The van der Waals surface area contributed by atoms with Crippen molar-refractivity contribution in [2.24, 2.45) is 0 Å². The molecule has 6 nitrogen and oxygen atoms in total. The molecule has 0 N–H and O–H groups in total. The van der Waals surface area contributed by atoms with Gasteiger partial charge in [-0.25, -0.2) is 0 Å². The molecule has 0 amide bonds. The van der Waals surface area contributed by atoms with E-state index in [-0.39, 0.29) is 0 Å². The van der Waals surface area contributed by atoms with E-state index in [1.165, 1.54) is 0 Å². The van der Waals surface area contributed by atoms with E-state index in [9.17, 15) is 0 Å². The lowest BCUT2D eigenvalue weighted by atomic mass is 9.94. The first-order chi connectivity index (χ1) is 46.2. The van der Waals surface area contributed by atoms with Gasteiger partial charge in [-0.3, -0.25) is 0 Å². The van der Waals surface area contributed by atoms with Gasteiger partial charge in [0, 0.05) is 88.1 Å². The molecule has 0 saturated heterocycles. The van der Waals surface area contributed by atoms with E-state index in [2.05, 4.69) is 292 Å². The van der Waals surface area contributed by atoms with Crippen molar-refractivity contribution in [3.05, 3.63) is 313 Å². The molecule has 18 rings (SSSR count). The molecule has 14 aromatic carbocycles. The van der Waals surface area contributed by atoms with Gasteiger partial charge in [0.05, 0.1) is 11.4 Å². The summed E-state index contributed by atoms with van der Waals surface area (Å²) in [5, 5.41) is 8.83. The Morgan fingerprint density at radius 2 is 0.521 bits per heavy atom. The zero-order valence-electron chi connectivity index (χ0n) is 52.2. The standard InChI is InChI=1S/C88H60N2O4/c1-53-17-13-23-69(73-27-15-25-71-65-19-5-11-31-81(65)93-87(71)73)85(53)89(63-41-33-57(34-42-63)61-39-47-83-75(51-61)67-21-7-9-29-79(67)91-83)77-45-37-59(49-55(77)3)60-38-46-78(56(4)50-60)90(64-43-35-58(36-44-64)62-40-48-84-76(52-62)68-22-8-10-30-80(68)92-84)86-54(2)18-14-24-70(86)74-28-16-26-72-66-20-6-12-32-82(66)94-88(72)74/h5-52H,1-4H3. The van der Waals surface area contributed by atoms with E-state index in [0.717, 1.165) is 200 Å². The van der Waals surface area contributed by atoms with Crippen LogP contribution in [0.5, 0.6) is 0 Å². The number of hydrogen-bond acceptors (Lipinski definition) is 6. The van der Waals surface area contributed by atoms with Gasteiger partial charge in [0.15, 0.2) is 0 Å². The Morgan fingerprint density at radius 3 is 0.926 bits per heavy atom. The average molecular weight is 1210 g/mol. The maximum Gasteiger partial charge on any atom is 0.143 e. The van der Waals surface area contributed by atoms with Crippen LogP contribution < -0.4 is 9.80 Å². The number of fused-ring (bicyclic) bond motifs is 12. The highest BCUT2D eigenvalue weighted by Crippen LogP contribution is 2.51. The van der Waals surface area contributed by atoms with Gasteiger partial charge in [-0.1, -0.05) is 194 Å². The molecule has 0 aliphatic carbocycles. The predicted octanol–water partition coefficient (Wildman–Crippen LogP) is 25.8. The molecule has 4 aromatic heterocycles. The first-order valence-corrected chi connectivity index (χ1v) is 32.1. The zero-order valence-corrected chi connectivity index (χ0v) is 52.2. The Morgan fingerprint density at radius 1 is 0.213 bits per heavy atom. The number of benzene rings is 14. The first-order valence-electron chi connectivity index (χ1n) is 32.1. The van der Waals surface area contributed by atoms with Crippen LogP contribution in [-0.2, 0) is 0 Å². The van der Waals surface area contributed by atoms with Gasteiger partial charge in [-0.2, -0.15) is 0 Å². The average Bonchev–Trinajstić information content (AvgIpc) is 1.34. The third kappa shape index (κ3) is 8.93. The second kappa shape index (κ2) is 21.8.